The van der Waals surface area contributed by atoms with Crippen LogP contribution >= 0.6 is 0 Å². The normalized spacial score (nSPS) is 10.7. The molecule has 2 aromatic rings. The zero-order valence-corrected chi connectivity index (χ0v) is 14.0. The Morgan fingerprint density at radius 3 is 2.54 bits per heavy atom. The van der Waals surface area contributed by atoms with Crippen molar-refractivity contribution < 1.29 is 22.7 Å². The number of nitriles is 1. The molecule has 2 aromatic carbocycles. The van der Waals surface area contributed by atoms with Gasteiger partial charge in [0.25, 0.3) is 0 Å². The van der Waals surface area contributed by atoms with Crippen LogP contribution in [0.15, 0.2) is 42.5 Å². The van der Waals surface area contributed by atoms with Crippen LogP contribution in [0.3, 0.4) is 0 Å². The average molecular weight is 345 g/mol. The lowest BCUT2D eigenvalue weighted by Crippen LogP contribution is -2.10. The van der Waals surface area contributed by atoms with E-state index < -0.39 is 15.8 Å². The molecule has 0 heterocycles. The molecule has 6 nitrogen and oxygen atoms in total. The van der Waals surface area contributed by atoms with Crippen molar-refractivity contribution in [3.63, 3.8) is 0 Å². The van der Waals surface area contributed by atoms with Crippen molar-refractivity contribution in [2.24, 2.45) is 0 Å². The van der Waals surface area contributed by atoms with E-state index >= 15 is 0 Å². The standard InChI is InChI=1S/C17H15NO5S/c1-22-16-9-12(10-18)6-7-15(16)23-17(19)14-5-3-4-13(8-14)11-24(2,20)21/h3-9H,11H2,1-2H3. The average Bonchev–Trinajstić information content (AvgIpc) is 2.53. The highest BCUT2D eigenvalue weighted by atomic mass is 32.2. The van der Waals surface area contributed by atoms with Crippen molar-refractivity contribution in [2.75, 3.05) is 13.4 Å². The fourth-order valence-corrected chi connectivity index (χ4v) is 2.86. The summed E-state index contributed by atoms with van der Waals surface area (Å²) < 4.78 is 33.1. The first-order valence-electron chi connectivity index (χ1n) is 6.89. The van der Waals surface area contributed by atoms with Gasteiger partial charge in [-0.3, -0.25) is 0 Å². The first kappa shape index (κ1) is 17.5. The number of sulfone groups is 1. The van der Waals surface area contributed by atoms with Gasteiger partial charge in [-0.1, -0.05) is 12.1 Å². The highest BCUT2D eigenvalue weighted by Gasteiger charge is 2.14. The topological polar surface area (TPSA) is 93.5 Å². The number of esters is 1. The second-order valence-electron chi connectivity index (χ2n) is 5.14. The van der Waals surface area contributed by atoms with Crippen molar-refractivity contribution in [1.29, 1.82) is 5.26 Å². The van der Waals surface area contributed by atoms with Crippen LogP contribution in [0.5, 0.6) is 11.5 Å². The number of carbonyl (C=O) groups excluding carboxylic acids is 1. The van der Waals surface area contributed by atoms with E-state index in [9.17, 15) is 13.2 Å². The lowest BCUT2D eigenvalue weighted by Gasteiger charge is -2.10. The molecule has 2 rings (SSSR count). The van der Waals surface area contributed by atoms with Gasteiger partial charge in [0.1, 0.15) is 0 Å². The number of hydrogen-bond acceptors (Lipinski definition) is 6. The Kier molecular flexibility index (Phi) is 5.21. The quantitative estimate of drug-likeness (QED) is 0.610. The van der Waals surface area contributed by atoms with Gasteiger partial charge in [0.15, 0.2) is 21.3 Å². The van der Waals surface area contributed by atoms with Crippen LogP contribution in [-0.4, -0.2) is 27.8 Å². The SMILES string of the molecule is COc1cc(C#N)ccc1OC(=O)c1cccc(CS(C)(=O)=O)c1. The third-order valence-corrected chi connectivity index (χ3v) is 3.94. The third kappa shape index (κ3) is 4.57. The summed E-state index contributed by atoms with van der Waals surface area (Å²) in [5, 5.41) is 8.87. The van der Waals surface area contributed by atoms with Crippen molar-refractivity contribution in [1.82, 2.24) is 0 Å². The molecule has 0 aromatic heterocycles. The van der Waals surface area contributed by atoms with Crippen molar-refractivity contribution >= 4 is 15.8 Å². The van der Waals surface area contributed by atoms with E-state index in [2.05, 4.69) is 0 Å². The molecule has 0 fully saturated rings. The summed E-state index contributed by atoms with van der Waals surface area (Å²) in [5.74, 6) is -0.369. The van der Waals surface area contributed by atoms with Crippen LogP contribution in [0.25, 0.3) is 0 Å². The molecule has 0 saturated carbocycles. The summed E-state index contributed by atoms with van der Waals surface area (Å²) in [6.07, 6.45) is 1.12. The number of nitrogens with zero attached hydrogens (tertiary/aromatic N) is 1. The maximum Gasteiger partial charge on any atom is 0.343 e. The first-order chi connectivity index (χ1) is 11.3. The molecule has 124 valence electrons. The molecule has 0 spiro atoms. The van der Waals surface area contributed by atoms with E-state index in [1.165, 1.54) is 37.4 Å². The Labute approximate surface area is 140 Å². The Morgan fingerprint density at radius 1 is 1.17 bits per heavy atom. The molecule has 0 saturated heterocycles. The largest absolute Gasteiger partial charge is 0.493 e. The second kappa shape index (κ2) is 7.15. The van der Waals surface area contributed by atoms with E-state index in [1.54, 1.807) is 12.1 Å². The Morgan fingerprint density at radius 2 is 1.92 bits per heavy atom. The minimum atomic E-state index is -3.20. The molecule has 0 unspecified atom stereocenters. The lowest BCUT2D eigenvalue weighted by molar-refractivity contribution is 0.0729. The van der Waals surface area contributed by atoms with Gasteiger partial charge in [-0.05, 0) is 29.8 Å². The van der Waals surface area contributed by atoms with Crippen LogP contribution in [0, 0.1) is 11.3 Å². The minimum absolute atomic E-state index is 0.158. The van der Waals surface area contributed by atoms with Gasteiger partial charge >= 0.3 is 5.97 Å². The number of methoxy groups -OCH3 is 1. The van der Waals surface area contributed by atoms with E-state index in [0.29, 0.717) is 11.1 Å². The van der Waals surface area contributed by atoms with Gasteiger partial charge in [-0.25, -0.2) is 13.2 Å². The minimum Gasteiger partial charge on any atom is -0.493 e. The third-order valence-electron chi connectivity index (χ3n) is 3.09. The van der Waals surface area contributed by atoms with Gasteiger partial charge in [0.2, 0.25) is 0 Å². The molecule has 0 aliphatic heterocycles. The van der Waals surface area contributed by atoms with Crippen molar-refractivity contribution in [3.8, 4) is 17.6 Å². The van der Waals surface area contributed by atoms with Crippen LogP contribution < -0.4 is 9.47 Å². The molecule has 0 aliphatic carbocycles. The zero-order chi connectivity index (χ0) is 17.7. The fraction of sp³-hybridized carbons (Fsp3) is 0.176. The van der Waals surface area contributed by atoms with E-state index in [1.807, 2.05) is 6.07 Å². The predicted molar refractivity (Wildman–Crippen MR) is 87.7 cm³/mol. The molecule has 0 atom stereocenters. The fourth-order valence-electron chi connectivity index (χ4n) is 2.07. The van der Waals surface area contributed by atoms with Gasteiger partial charge < -0.3 is 9.47 Å². The monoisotopic (exact) mass is 345 g/mol. The van der Waals surface area contributed by atoms with Crippen LogP contribution in [0.1, 0.15) is 21.5 Å². The molecule has 0 radical (unpaired) electrons. The summed E-state index contributed by atoms with van der Waals surface area (Å²) in [6, 6.07) is 12.6. The smallest absolute Gasteiger partial charge is 0.343 e. The zero-order valence-electron chi connectivity index (χ0n) is 13.1. The van der Waals surface area contributed by atoms with Crippen LogP contribution in [-0.2, 0) is 15.6 Å². The molecule has 7 heteroatoms. The number of ether oxygens (including phenoxy) is 2. The summed E-state index contributed by atoms with van der Waals surface area (Å²) >= 11 is 0. The van der Waals surface area contributed by atoms with Gasteiger partial charge in [0.05, 0.1) is 30.1 Å². The van der Waals surface area contributed by atoms with Crippen LogP contribution in [0.2, 0.25) is 0 Å². The lowest BCUT2D eigenvalue weighted by atomic mass is 10.1. The summed E-state index contributed by atoms with van der Waals surface area (Å²) in [6.45, 7) is 0. The number of rotatable bonds is 5. The van der Waals surface area contributed by atoms with Gasteiger partial charge in [-0.2, -0.15) is 5.26 Å². The molecule has 0 N–H and O–H groups in total. The van der Waals surface area contributed by atoms with Gasteiger partial charge in [-0.15, -0.1) is 0 Å². The van der Waals surface area contributed by atoms with Crippen molar-refractivity contribution in [2.45, 2.75) is 5.75 Å². The Balaban J connectivity index is 2.25. The number of hydrogen-bond donors (Lipinski definition) is 0. The Bertz CT molecular complexity index is 913. The van der Waals surface area contributed by atoms with Gasteiger partial charge in [0, 0.05) is 12.3 Å². The summed E-state index contributed by atoms with van der Waals surface area (Å²) in [5.41, 5.74) is 1.10. The van der Waals surface area contributed by atoms with Crippen molar-refractivity contribution in [3.05, 3.63) is 59.2 Å². The van der Waals surface area contributed by atoms with E-state index in [0.717, 1.165) is 6.26 Å². The second-order valence-corrected chi connectivity index (χ2v) is 7.28. The maximum absolute atomic E-state index is 12.3. The maximum atomic E-state index is 12.3. The molecule has 0 amide bonds. The van der Waals surface area contributed by atoms with Crippen LogP contribution in [0.4, 0.5) is 0 Å². The highest BCUT2D eigenvalue weighted by Crippen LogP contribution is 2.28. The highest BCUT2D eigenvalue weighted by molar-refractivity contribution is 7.89. The van der Waals surface area contributed by atoms with E-state index in [4.69, 9.17) is 14.7 Å². The predicted octanol–water partition coefficient (Wildman–Crippen LogP) is 2.33. The number of benzene rings is 2. The molecular weight excluding hydrogens is 330 g/mol. The summed E-state index contributed by atoms with van der Waals surface area (Å²) in [7, 11) is -1.80. The first-order valence-corrected chi connectivity index (χ1v) is 8.95. The molecule has 0 aliphatic rings. The Hall–Kier alpha value is -2.85. The molecule has 0 bridgehead atoms. The van der Waals surface area contributed by atoms with E-state index in [-0.39, 0.29) is 22.8 Å². The molecular formula is C17H15NO5S. The number of carbonyl (C=O) groups is 1. The molecule has 24 heavy (non-hydrogen) atoms. The summed E-state index contributed by atoms with van der Waals surface area (Å²) in [4.78, 5) is 12.3.